The summed E-state index contributed by atoms with van der Waals surface area (Å²) in [6.07, 6.45) is 1.07. The summed E-state index contributed by atoms with van der Waals surface area (Å²) in [5.74, 6) is 1.49. The molecule has 0 atom stereocenters. The molecule has 0 saturated heterocycles. The number of aromatic carboxylic acids is 1. The fourth-order valence-corrected chi connectivity index (χ4v) is 4.63. The highest BCUT2D eigenvalue weighted by Gasteiger charge is 2.30. The molecule has 21 heavy (non-hydrogen) atoms. The van der Waals surface area contributed by atoms with Gasteiger partial charge in [0.25, 0.3) is 0 Å². The summed E-state index contributed by atoms with van der Waals surface area (Å²) in [5.41, 5.74) is 1.48. The van der Waals surface area contributed by atoms with Gasteiger partial charge in [-0.25, -0.2) is 9.78 Å². The van der Waals surface area contributed by atoms with Gasteiger partial charge in [-0.15, -0.1) is 11.3 Å². The molecule has 0 bridgehead atoms. The molecule has 1 aliphatic rings. The fourth-order valence-electron chi connectivity index (χ4n) is 2.33. The van der Waals surface area contributed by atoms with Gasteiger partial charge in [-0.3, -0.25) is 0 Å². The zero-order valence-electron chi connectivity index (χ0n) is 12.2. The van der Waals surface area contributed by atoms with Crippen LogP contribution in [0, 0.1) is 0 Å². The maximum absolute atomic E-state index is 11.4. The average molecular weight is 323 g/mol. The monoisotopic (exact) mass is 323 g/mol. The van der Waals surface area contributed by atoms with Crippen molar-refractivity contribution in [1.82, 2.24) is 4.98 Å². The van der Waals surface area contributed by atoms with Gasteiger partial charge in [-0.05, 0) is 23.8 Å². The average Bonchev–Trinajstić information content (AvgIpc) is 3.02. The van der Waals surface area contributed by atoms with Crippen LogP contribution in [0.25, 0.3) is 10.8 Å². The molecule has 0 spiro atoms. The third-order valence-electron chi connectivity index (χ3n) is 3.37. The van der Waals surface area contributed by atoms with Crippen molar-refractivity contribution >= 4 is 29.1 Å². The Balaban J connectivity index is 2.07. The van der Waals surface area contributed by atoms with Crippen LogP contribution in [0.2, 0.25) is 0 Å². The number of aromatic nitrogens is 1. The van der Waals surface area contributed by atoms with Crippen LogP contribution in [0.5, 0.6) is 0 Å². The Kier molecular flexibility index (Phi) is 3.61. The SMILES string of the molecule is CC(C)(C)c1nc(-c2cc3c(s2)CCSC3)oc1C(=O)O. The number of carbonyl (C=O) groups is 1. The first kappa shape index (κ1) is 14.7. The number of hydrogen-bond acceptors (Lipinski definition) is 5. The van der Waals surface area contributed by atoms with Crippen molar-refractivity contribution in [2.45, 2.75) is 38.4 Å². The quantitative estimate of drug-likeness (QED) is 0.898. The number of aryl methyl sites for hydroxylation is 1. The first-order valence-electron chi connectivity index (χ1n) is 6.80. The predicted molar refractivity (Wildman–Crippen MR) is 85.3 cm³/mol. The van der Waals surface area contributed by atoms with Crippen molar-refractivity contribution in [3.05, 3.63) is 28.0 Å². The molecular formula is C15H17NO3S2. The summed E-state index contributed by atoms with van der Waals surface area (Å²) >= 11 is 3.60. The Bertz CT molecular complexity index is 671. The largest absolute Gasteiger partial charge is 0.475 e. The number of nitrogens with zero attached hydrogens (tertiary/aromatic N) is 1. The van der Waals surface area contributed by atoms with E-state index in [4.69, 9.17) is 4.42 Å². The number of hydrogen-bond donors (Lipinski definition) is 1. The predicted octanol–water partition coefficient (Wildman–Crippen LogP) is 4.19. The zero-order valence-corrected chi connectivity index (χ0v) is 13.9. The Morgan fingerprint density at radius 1 is 1.43 bits per heavy atom. The normalized spacial score (nSPS) is 15.0. The van der Waals surface area contributed by atoms with Crippen molar-refractivity contribution in [2.24, 2.45) is 0 Å². The van der Waals surface area contributed by atoms with Gasteiger partial charge in [0.2, 0.25) is 11.7 Å². The second kappa shape index (κ2) is 5.18. The maximum atomic E-state index is 11.4. The molecule has 112 valence electrons. The third-order valence-corrected chi connectivity index (χ3v) is 5.60. The lowest BCUT2D eigenvalue weighted by molar-refractivity contribution is 0.0659. The molecule has 3 rings (SSSR count). The van der Waals surface area contributed by atoms with Gasteiger partial charge < -0.3 is 9.52 Å². The summed E-state index contributed by atoms with van der Waals surface area (Å²) < 4.78 is 5.56. The molecule has 0 aliphatic carbocycles. The Hall–Kier alpha value is -1.27. The van der Waals surface area contributed by atoms with E-state index in [1.807, 2.05) is 32.5 Å². The van der Waals surface area contributed by atoms with E-state index in [2.05, 4.69) is 11.1 Å². The van der Waals surface area contributed by atoms with Gasteiger partial charge in [0.1, 0.15) is 5.69 Å². The van der Waals surface area contributed by atoms with Crippen LogP contribution in [0.1, 0.15) is 47.5 Å². The van der Waals surface area contributed by atoms with E-state index in [1.165, 1.54) is 10.4 Å². The van der Waals surface area contributed by atoms with Crippen molar-refractivity contribution < 1.29 is 14.3 Å². The highest BCUT2D eigenvalue weighted by Crippen LogP contribution is 2.38. The molecule has 4 nitrogen and oxygen atoms in total. The molecule has 2 aromatic rings. The Morgan fingerprint density at radius 3 is 2.76 bits per heavy atom. The Morgan fingerprint density at radius 2 is 2.19 bits per heavy atom. The van der Waals surface area contributed by atoms with Crippen LogP contribution < -0.4 is 0 Å². The summed E-state index contributed by atoms with van der Waals surface area (Å²) in [7, 11) is 0. The molecule has 0 fully saturated rings. The smallest absolute Gasteiger partial charge is 0.373 e. The number of rotatable bonds is 2. The number of oxazole rings is 1. The van der Waals surface area contributed by atoms with Crippen LogP contribution in [0.3, 0.4) is 0 Å². The minimum atomic E-state index is -1.06. The first-order chi connectivity index (χ1) is 9.86. The summed E-state index contributed by atoms with van der Waals surface area (Å²) in [4.78, 5) is 18.1. The highest BCUT2D eigenvalue weighted by molar-refractivity contribution is 7.98. The van der Waals surface area contributed by atoms with Gasteiger partial charge >= 0.3 is 5.97 Å². The molecule has 0 saturated carbocycles. The van der Waals surface area contributed by atoms with E-state index >= 15 is 0 Å². The van der Waals surface area contributed by atoms with Crippen molar-refractivity contribution in [1.29, 1.82) is 0 Å². The molecule has 1 N–H and O–H groups in total. The molecule has 0 amide bonds. The lowest BCUT2D eigenvalue weighted by Gasteiger charge is -2.14. The minimum absolute atomic E-state index is 0.0433. The van der Waals surface area contributed by atoms with Crippen LogP contribution in [0.15, 0.2) is 10.5 Å². The van der Waals surface area contributed by atoms with E-state index in [9.17, 15) is 9.90 Å². The summed E-state index contributed by atoms with van der Waals surface area (Å²) in [6, 6.07) is 2.09. The molecule has 2 aromatic heterocycles. The van der Waals surface area contributed by atoms with Crippen LogP contribution in [-0.2, 0) is 17.6 Å². The highest BCUT2D eigenvalue weighted by atomic mass is 32.2. The zero-order chi connectivity index (χ0) is 15.2. The molecule has 0 radical (unpaired) electrons. The van der Waals surface area contributed by atoms with E-state index in [1.54, 1.807) is 11.3 Å². The standard InChI is InChI=1S/C15H17NO3S2/c1-15(2,3)12-11(14(17)18)19-13(16-12)10-6-8-7-20-5-4-9(8)21-10/h6H,4-5,7H2,1-3H3,(H,17,18). The second-order valence-corrected chi connectivity index (χ2v) is 8.36. The number of fused-ring (bicyclic) bond motifs is 1. The van der Waals surface area contributed by atoms with Gasteiger partial charge in [0.05, 0.1) is 4.88 Å². The van der Waals surface area contributed by atoms with Gasteiger partial charge in [-0.1, -0.05) is 20.8 Å². The van der Waals surface area contributed by atoms with Crippen molar-refractivity contribution in [3.63, 3.8) is 0 Å². The molecule has 6 heteroatoms. The maximum Gasteiger partial charge on any atom is 0.373 e. The second-order valence-electron chi connectivity index (χ2n) is 6.11. The first-order valence-corrected chi connectivity index (χ1v) is 8.77. The van der Waals surface area contributed by atoms with Gasteiger partial charge in [-0.2, -0.15) is 11.8 Å². The van der Waals surface area contributed by atoms with E-state index in [-0.39, 0.29) is 11.2 Å². The van der Waals surface area contributed by atoms with Crippen molar-refractivity contribution in [3.8, 4) is 10.8 Å². The van der Waals surface area contributed by atoms with Gasteiger partial charge in [0, 0.05) is 16.0 Å². The summed E-state index contributed by atoms with van der Waals surface area (Å²) in [5, 5.41) is 9.32. The van der Waals surface area contributed by atoms with E-state index in [0.29, 0.717) is 11.6 Å². The lowest BCUT2D eigenvalue weighted by atomic mass is 9.91. The fraction of sp³-hybridized carbons (Fsp3) is 0.467. The van der Waals surface area contributed by atoms with Crippen LogP contribution in [-0.4, -0.2) is 21.8 Å². The molecular weight excluding hydrogens is 306 g/mol. The summed E-state index contributed by atoms with van der Waals surface area (Å²) in [6.45, 7) is 5.82. The number of carboxylic acid groups (broad SMARTS) is 1. The number of thioether (sulfide) groups is 1. The topological polar surface area (TPSA) is 63.3 Å². The van der Waals surface area contributed by atoms with Crippen LogP contribution >= 0.6 is 23.1 Å². The molecule has 0 aromatic carbocycles. The molecule has 3 heterocycles. The molecule has 1 aliphatic heterocycles. The number of thiophene rings is 1. The minimum Gasteiger partial charge on any atom is -0.475 e. The van der Waals surface area contributed by atoms with Gasteiger partial charge in [0.15, 0.2) is 0 Å². The lowest BCUT2D eigenvalue weighted by Crippen LogP contribution is -2.16. The van der Waals surface area contributed by atoms with Crippen molar-refractivity contribution in [2.75, 3.05) is 5.75 Å². The number of carboxylic acids is 1. The van der Waals surface area contributed by atoms with E-state index in [0.717, 1.165) is 22.8 Å². The third kappa shape index (κ3) is 2.74. The Labute approximate surface area is 131 Å². The van der Waals surface area contributed by atoms with Crippen LogP contribution in [0.4, 0.5) is 0 Å². The van der Waals surface area contributed by atoms with E-state index < -0.39 is 5.97 Å². The molecule has 0 unspecified atom stereocenters.